The molecule has 0 aliphatic heterocycles. The molecule has 0 atom stereocenters. The number of aromatic amines is 1. The fraction of sp³-hybridized carbons (Fsp3) is 0.545. The van der Waals surface area contributed by atoms with Gasteiger partial charge in [-0.3, -0.25) is 4.79 Å². The van der Waals surface area contributed by atoms with Crippen molar-refractivity contribution in [2.75, 3.05) is 6.54 Å². The van der Waals surface area contributed by atoms with Crippen molar-refractivity contribution >= 4 is 5.91 Å². The van der Waals surface area contributed by atoms with Crippen LogP contribution >= 0.6 is 0 Å². The van der Waals surface area contributed by atoms with Gasteiger partial charge < -0.3 is 9.84 Å². The molecule has 0 unspecified atom stereocenters. The van der Waals surface area contributed by atoms with Gasteiger partial charge in [0.05, 0.1) is 5.69 Å². The van der Waals surface area contributed by atoms with E-state index in [4.69, 9.17) is 4.52 Å². The maximum absolute atomic E-state index is 11.7. The molecule has 0 radical (unpaired) electrons. The predicted octanol–water partition coefficient (Wildman–Crippen LogP) is 0.346. The summed E-state index contributed by atoms with van der Waals surface area (Å²) < 4.78 is 5.14. The zero-order valence-electron chi connectivity index (χ0n) is 10.5. The number of hydrogen-bond acceptors (Lipinski definition) is 6. The van der Waals surface area contributed by atoms with Crippen molar-refractivity contribution in [3.63, 3.8) is 0 Å². The molecular weight excluding hydrogens is 248 g/mol. The van der Waals surface area contributed by atoms with Crippen LogP contribution in [0.2, 0.25) is 0 Å². The molecule has 8 nitrogen and oxygen atoms in total. The fourth-order valence-corrected chi connectivity index (χ4v) is 1.74. The zero-order valence-corrected chi connectivity index (χ0v) is 10.5. The second kappa shape index (κ2) is 4.79. The zero-order chi connectivity index (χ0) is 13.2. The van der Waals surface area contributed by atoms with Gasteiger partial charge in [-0.05, 0) is 19.8 Å². The highest BCUT2D eigenvalue weighted by atomic mass is 16.5. The van der Waals surface area contributed by atoms with E-state index < -0.39 is 0 Å². The Bertz CT molecular complexity index is 586. The van der Waals surface area contributed by atoms with Gasteiger partial charge in [0.15, 0.2) is 11.5 Å². The van der Waals surface area contributed by atoms with E-state index in [1.807, 2.05) is 0 Å². The molecular formula is C11H14N6O2. The van der Waals surface area contributed by atoms with Crippen LogP contribution in [0.4, 0.5) is 0 Å². The first-order chi connectivity index (χ1) is 9.24. The van der Waals surface area contributed by atoms with Crippen molar-refractivity contribution in [3.8, 4) is 0 Å². The van der Waals surface area contributed by atoms with E-state index in [-0.39, 0.29) is 5.91 Å². The minimum absolute atomic E-state index is 0.253. The third-order valence-electron chi connectivity index (χ3n) is 2.98. The highest BCUT2D eigenvalue weighted by molar-refractivity contribution is 5.93. The van der Waals surface area contributed by atoms with E-state index in [0.717, 1.165) is 12.8 Å². The van der Waals surface area contributed by atoms with Crippen LogP contribution in [-0.4, -0.2) is 38.0 Å². The molecule has 0 saturated heterocycles. The van der Waals surface area contributed by atoms with E-state index in [9.17, 15) is 4.79 Å². The van der Waals surface area contributed by atoms with Crippen molar-refractivity contribution in [1.82, 2.24) is 30.9 Å². The molecule has 1 aliphatic carbocycles. The second-order valence-corrected chi connectivity index (χ2v) is 4.59. The smallest absolute Gasteiger partial charge is 0.273 e. The lowest BCUT2D eigenvalue weighted by Gasteiger charge is -2.00. The third-order valence-corrected chi connectivity index (χ3v) is 2.98. The summed E-state index contributed by atoms with van der Waals surface area (Å²) in [6, 6.07) is 0. The van der Waals surface area contributed by atoms with Gasteiger partial charge in [0.1, 0.15) is 0 Å². The molecule has 1 saturated carbocycles. The molecule has 0 aromatic carbocycles. The Morgan fingerprint density at radius 1 is 1.47 bits per heavy atom. The number of rotatable bonds is 5. The van der Waals surface area contributed by atoms with Crippen LogP contribution in [0.3, 0.4) is 0 Å². The lowest BCUT2D eigenvalue weighted by Crippen LogP contribution is -2.26. The summed E-state index contributed by atoms with van der Waals surface area (Å²) in [5, 5.41) is 16.6. The average molecular weight is 262 g/mol. The first kappa shape index (κ1) is 11.8. The number of amides is 1. The Labute approximate surface area is 109 Å². The standard InChI is InChI=1S/C11H14N6O2/c1-6-9(15-17-14-6)10(18)12-5-4-8-13-11(19-16-8)7-2-3-7/h7H,2-5H2,1H3,(H,12,18)(H,14,15,17). The van der Waals surface area contributed by atoms with Gasteiger partial charge in [-0.15, -0.1) is 0 Å². The molecule has 19 heavy (non-hydrogen) atoms. The number of hydrogen-bond donors (Lipinski definition) is 2. The lowest BCUT2D eigenvalue weighted by atomic mass is 10.3. The summed E-state index contributed by atoms with van der Waals surface area (Å²) in [5.74, 6) is 1.54. The molecule has 0 spiro atoms. The topological polar surface area (TPSA) is 110 Å². The molecule has 2 aromatic heterocycles. The third kappa shape index (κ3) is 2.61. The lowest BCUT2D eigenvalue weighted by molar-refractivity contribution is 0.0948. The van der Waals surface area contributed by atoms with Crippen LogP contribution in [0.5, 0.6) is 0 Å². The van der Waals surface area contributed by atoms with Gasteiger partial charge in [0.25, 0.3) is 5.91 Å². The molecule has 1 aliphatic rings. The van der Waals surface area contributed by atoms with Gasteiger partial charge >= 0.3 is 0 Å². The molecule has 0 bridgehead atoms. The number of nitrogens with one attached hydrogen (secondary N) is 2. The number of H-pyrrole nitrogens is 1. The van der Waals surface area contributed by atoms with E-state index in [1.54, 1.807) is 6.92 Å². The number of aryl methyl sites for hydroxylation is 1. The maximum atomic E-state index is 11.7. The minimum Gasteiger partial charge on any atom is -0.350 e. The summed E-state index contributed by atoms with van der Waals surface area (Å²) in [6.07, 6.45) is 2.80. The molecule has 2 heterocycles. The summed E-state index contributed by atoms with van der Waals surface area (Å²) in [6.45, 7) is 2.16. The average Bonchev–Trinajstić information content (AvgIpc) is 2.99. The summed E-state index contributed by atoms with van der Waals surface area (Å²) in [4.78, 5) is 16.0. The van der Waals surface area contributed by atoms with E-state index in [0.29, 0.717) is 42.0 Å². The Morgan fingerprint density at radius 3 is 3.00 bits per heavy atom. The summed E-state index contributed by atoms with van der Waals surface area (Å²) in [5.41, 5.74) is 0.889. The highest BCUT2D eigenvalue weighted by Gasteiger charge is 2.29. The number of carbonyl (C=O) groups excluding carboxylic acids is 1. The van der Waals surface area contributed by atoms with Crippen molar-refractivity contribution in [1.29, 1.82) is 0 Å². The van der Waals surface area contributed by atoms with Crippen LogP contribution in [0.1, 0.15) is 46.7 Å². The van der Waals surface area contributed by atoms with Crippen LogP contribution in [0, 0.1) is 6.92 Å². The molecule has 1 fully saturated rings. The van der Waals surface area contributed by atoms with Crippen molar-refractivity contribution < 1.29 is 9.32 Å². The molecule has 3 rings (SSSR count). The van der Waals surface area contributed by atoms with Crippen LogP contribution in [0.15, 0.2) is 4.52 Å². The van der Waals surface area contributed by atoms with Crippen LogP contribution in [0.25, 0.3) is 0 Å². The van der Waals surface area contributed by atoms with E-state index in [2.05, 4.69) is 30.9 Å². The summed E-state index contributed by atoms with van der Waals surface area (Å²) in [7, 11) is 0. The Balaban J connectivity index is 1.49. The van der Waals surface area contributed by atoms with Crippen LogP contribution < -0.4 is 5.32 Å². The first-order valence-corrected chi connectivity index (χ1v) is 6.22. The van der Waals surface area contributed by atoms with E-state index in [1.165, 1.54) is 0 Å². The normalized spacial score (nSPS) is 14.6. The second-order valence-electron chi connectivity index (χ2n) is 4.59. The Morgan fingerprint density at radius 2 is 2.32 bits per heavy atom. The van der Waals surface area contributed by atoms with Crippen molar-refractivity contribution in [2.24, 2.45) is 0 Å². The molecule has 100 valence electrons. The van der Waals surface area contributed by atoms with Crippen LogP contribution in [-0.2, 0) is 6.42 Å². The summed E-state index contributed by atoms with van der Waals surface area (Å²) >= 11 is 0. The minimum atomic E-state index is -0.253. The quantitative estimate of drug-likeness (QED) is 0.804. The Hall–Kier alpha value is -2.25. The van der Waals surface area contributed by atoms with Crippen molar-refractivity contribution in [3.05, 3.63) is 23.1 Å². The SMILES string of the molecule is Cc1n[nH]nc1C(=O)NCCc1noc(C2CC2)n1. The van der Waals surface area contributed by atoms with Gasteiger partial charge in [0, 0.05) is 18.9 Å². The van der Waals surface area contributed by atoms with Gasteiger partial charge in [-0.1, -0.05) is 5.16 Å². The van der Waals surface area contributed by atoms with Crippen molar-refractivity contribution in [2.45, 2.75) is 32.1 Å². The first-order valence-electron chi connectivity index (χ1n) is 6.22. The highest BCUT2D eigenvalue weighted by Crippen LogP contribution is 2.38. The molecule has 2 N–H and O–H groups in total. The monoisotopic (exact) mass is 262 g/mol. The largest absolute Gasteiger partial charge is 0.350 e. The van der Waals surface area contributed by atoms with Gasteiger partial charge in [-0.2, -0.15) is 20.4 Å². The van der Waals surface area contributed by atoms with Gasteiger partial charge in [-0.25, -0.2) is 0 Å². The number of aromatic nitrogens is 5. The molecule has 1 amide bonds. The fourth-order valence-electron chi connectivity index (χ4n) is 1.74. The maximum Gasteiger partial charge on any atom is 0.273 e. The molecule has 2 aromatic rings. The number of carbonyl (C=O) groups is 1. The molecule has 8 heteroatoms. The Kier molecular flexibility index (Phi) is 2.98. The predicted molar refractivity (Wildman–Crippen MR) is 63.4 cm³/mol. The number of nitrogens with zero attached hydrogens (tertiary/aromatic N) is 4. The van der Waals surface area contributed by atoms with Gasteiger partial charge in [0.2, 0.25) is 5.89 Å². The van der Waals surface area contributed by atoms with E-state index >= 15 is 0 Å².